The largest absolute Gasteiger partial charge is 0.457 e. The highest BCUT2D eigenvalue weighted by Crippen LogP contribution is 2.72. The molecule has 0 heterocycles. The quantitative estimate of drug-likeness (QED) is 0.379. The van der Waals surface area contributed by atoms with E-state index in [0.29, 0.717) is 25.7 Å². The predicted octanol–water partition coefficient (Wildman–Crippen LogP) is 4.48. The Balaban J connectivity index is 1.77. The minimum absolute atomic E-state index is 0.0791. The van der Waals surface area contributed by atoms with Crippen molar-refractivity contribution in [3.05, 3.63) is 23.8 Å². The number of esters is 2. The van der Waals surface area contributed by atoms with Gasteiger partial charge in [-0.2, -0.15) is 0 Å². The highest BCUT2D eigenvalue weighted by molar-refractivity contribution is 6.26. The number of ketones is 2. The van der Waals surface area contributed by atoms with Crippen molar-refractivity contribution < 1.29 is 33.8 Å². The standard InChI is InChI=1S/C29H39ClO7/c1-6-8-25(35)36-16-23(33)29(37-24(34)7-2)17(3)13-21-20-10-9-18-14-19(31)11-12-26(18,4)28(20,30)22(32)15-27(21,29)5/h11-12,14,17,20-22,32H,6-10,13,15-16H2,1-5H3/t17-,20+,21+,22+,26+,27+,28+,29+/m1/s1. The fraction of sp³-hybridized carbons (Fsp3) is 0.724. The molecule has 3 fully saturated rings. The number of fused-ring (bicyclic) bond motifs is 5. The first-order chi connectivity index (χ1) is 17.3. The van der Waals surface area contributed by atoms with Gasteiger partial charge in [-0.3, -0.25) is 19.2 Å². The fourth-order valence-corrected chi connectivity index (χ4v) is 8.70. The molecule has 0 aromatic rings. The molecule has 4 aliphatic rings. The maximum absolute atomic E-state index is 13.9. The second kappa shape index (κ2) is 9.64. The van der Waals surface area contributed by atoms with E-state index >= 15 is 0 Å². The summed E-state index contributed by atoms with van der Waals surface area (Å²) in [6, 6.07) is 0. The molecule has 0 amide bonds. The van der Waals surface area contributed by atoms with Crippen molar-refractivity contribution in [1.82, 2.24) is 0 Å². The number of carbonyl (C=O) groups excluding carboxylic acids is 4. The smallest absolute Gasteiger partial charge is 0.306 e. The number of rotatable bonds is 7. The summed E-state index contributed by atoms with van der Waals surface area (Å²) in [6.07, 6.45) is 6.86. The zero-order chi connectivity index (χ0) is 27.4. The number of aliphatic hydroxyl groups excluding tert-OH is 1. The molecule has 204 valence electrons. The van der Waals surface area contributed by atoms with Crippen LogP contribution in [0, 0.1) is 28.6 Å². The highest BCUT2D eigenvalue weighted by Gasteiger charge is 2.76. The molecule has 7 nitrogen and oxygen atoms in total. The number of Topliss-reactive ketones (excluding diaryl/α,β-unsaturated/α-hetero) is 1. The van der Waals surface area contributed by atoms with Crippen molar-refractivity contribution in [3.63, 3.8) is 0 Å². The molecule has 8 heteroatoms. The molecule has 0 aromatic carbocycles. The summed E-state index contributed by atoms with van der Waals surface area (Å²) < 4.78 is 11.4. The van der Waals surface area contributed by atoms with Gasteiger partial charge in [-0.1, -0.05) is 46.3 Å². The van der Waals surface area contributed by atoms with Crippen LogP contribution in [0.15, 0.2) is 23.8 Å². The number of aliphatic hydroxyl groups is 1. The van der Waals surface area contributed by atoms with Gasteiger partial charge >= 0.3 is 11.9 Å². The van der Waals surface area contributed by atoms with Crippen LogP contribution in [0.25, 0.3) is 0 Å². The Kier molecular flexibility index (Phi) is 7.30. The Morgan fingerprint density at radius 3 is 2.51 bits per heavy atom. The number of halogens is 1. The molecule has 0 spiro atoms. The maximum atomic E-state index is 13.9. The molecular weight excluding hydrogens is 496 g/mol. The van der Waals surface area contributed by atoms with Crippen molar-refractivity contribution in [2.45, 2.75) is 96.1 Å². The van der Waals surface area contributed by atoms with Crippen molar-refractivity contribution in [3.8, 4) is 0 Å². The van der Waals surface area contributed by atoms with Gasteiger partial charge in [0, 0.05) is 29.6 Å². The molecule has 4 aliphatic carbocycles. The second-order valence-electron chi connectivity index (χ2n) is 11.8. The molecule has 0 saturated heterocycles. The Morgan fingerprint density at radius 2 is 1.86 bits per heavy atom. The third-order valence-corrected chi connectivity index (χ3v) is 10.9. The molecule has 3 saturated carbocycles. The van der Waals surface area contributed by atoms with Gasteiger partial charge in [-0.25, -0.2) is 0 Å². The average Bonchev–Trinajstić information content (AvgIpc) is 3.06. The Bertz CT molecular complexity index is 1060. The zero-order valence-corrected chi connectivity index (χ0v) is 23.2. The zero-order valence-electron chi connectivity index (χ0n) is 22.5. The summed E-state index contributed by atoms with van der Waals surface area (Å²) in [5.41, 5.74) is -2.27. The van der Waals surface area contributed by atoms with Crippen LogP contribution in [-0.4, -0.2) is 51.8 Å². The highest BCUT2D eigenvalue weighted by atomic mass is 35.5. The van der Waals surface area contributed by atoms with E-state index in [1.165, 1.54) is 6.08 Å². The normalized spacial score (nSPS) is 42.2. The lowest BCUT2D eigenvalue weighted by Crippen LogP contribution is -2.69. The van der Waals surface area contributed by atoms with Gasteiger partial charge in [0.1, 0.15) is 0 Å². The van der Waals surface area contributed by atoms with E-state index in [1.54, 1.807) is 13.0 Å². The van der Waals surface area contributed by atoms with Crippen LogP contribution in [0.4, 0.5) is 0 Å². The maximum Gasteiger partial charge on any atom is 0.306 e. The van der Waals surface area contributed by atoms with Crippen LogP contribution in [-0.2, 0) is 28.7 Å². The lowest BCUT2D eigenvalue weighted by Gasteiger charge is -2.64. The lowest BCUT2D eigenvalue weighted by atomic mass is 9.45. The van der Waals surface area contributed by atoms with Crippen LogP contribution >= 0.6 is 11.6 Å². The molecule has 4 rings (SSSR count). The number of hydrogen-bond donors (Lipinski definition) is 1. The first-order valence-electron chi connectivity index (χ1n) is 13.5. The molecule has 0 aromatic heterocycles. The van der Waals surface area contributed by atoms with E-state index in [4.69, 9.17) is 21.1 Å². The number of hydrogen-bond acceptors (Lipinski definition) is 7. The summed E-state index contributed by atoms with van der Waals surface area (Å²) in [6.45, 7) is 8.84. The molecular formula is C29H39ClO7. The van der Waals surface area contributed by atoms with Gasteiger partial charge in [0.15, 0.2) is 18.0 Å². The van der Waals surface area contributed by atoms with Crippen LogP contribution in [0.1, 0.15) is 79.6 Å². The number of carbonyl (C=O) groups is 4. The lowest BCUT2D eigenvalue weighted by molar-refractivity contribution is -0.203. The molecule has 37 heavy (non-hydrogen) atoms. The van der Waals surface area contributed by atoms with E-state index in [9.17, 15) is 24.3 Å². The van der Waals surface area contributed by atoms with E-state index in [1.807, 2.05) is 33.8 Å². The van der Waals surface area contributed by atoms with Crippen molar-refractivity contribution in [2.24, 2.45) is 28.6 Å². The predicted molar refractivity (Wildman–Crippen MR) is 138 cm³/mol. The summed E-state index contributed by atoms with van der Waals surface area (Å²) >= 11 is 7.49. The van der Waals surface area contributed by atoms with Crippen LogP contribution in [0.3, 0.4) is 0 Å². The van der Waals surface area contributed by atoms with Crippen LogP contribution in [0.5, 0.6) is 0 Å². The Labute approximate surface area is 224 Å². The summed E-state index contributed by atoms with van der Waals surface area (Å²) in [4.78, 5) is 49.8. The first-order valence-corrected chi connectivity index (χ1v) is 13.9. The molecule has 0 unspecified atom stereocenters. The monoisotopic (exact) mass is 534 g/mol. The van der Waals surface area contributed by atoms with Gasteiger partial charge < -0.3 is 14.6 Å². The number of allylic oxidation sites excluding steroid dienone is 4. The van der Waals surface area contributed by atoms with Gasteiger partial charge in [0.2, 0.25) is 5.78 Å². The van der Waals surface area contributed by atoms with Crippen LogP contribution in [0.2, 0.25) is 0 Å². The topological polar surface area (TPSA) is 107 Å². The van der Waals surface area contributed by atoms with Gasteiger partial charge in [0.25, 0.3) is 0 Å². The SMILES string of the molecule is CCCC(=O)OCC(=O)[C@@]1(OC(=O)CC)[C@H](C)C[C@H]2[C@@H]3CCC4=CC(=O)C=C[C@]4(C)[C@@]3(Cl)[C@@H](O)C[C@@]21C. The average molecular weight is 535 g/mol. The van der Waals surface area contributed by atoms with E-state index in [2.05, 4.69) is 0 Å². The summed E-state index contributed by atoms with van der Waals surface area (Å²) in [5, 5.41) is 11.8. The second-order valence-corrected chi connectivity index (χ2v) is 12.4. The third kappa shape index (κ3) is 3.86. The van der Waals surface area contributed by atoms with Gasteiger partial charge in [0.05, 0.1) is 11.0 Å². The summed E-state index contributed by atoms with van der Waals surface area (Å²) in [5.74, 6) is -2.19. The van der Waals surface area contributed by atoms with Crippen molar-refractivity contribution in [1.29, 1.82) is 0 Å². The van der Waals surface area contributed by atoms with E-state index in [-0.39, 0.29) is 42.8 Å². The van der Waals surface area contributed by atoms with Crippen molar-refractivity contribution in [2.75, 3.05) is 6.61 Å². The minimum atomic E-state index is -1.55. The third-order valence-electron chi connectivity index (χ3n) is 9.98. The Morgan fingerprint density at radius 1 is 1.16 bits per heavy atom. The molecule has 0 radical (unpaired) electrons. The van der Waals surface area contributed by atoms with E-state index in [0.717, 1.165) is 5.57 Å². The number of ether oxygens (including phenoxy) is 2. The fourth-order valence-electron chi connectivity index (χ4n) is 8.18. The Hall–Kier alpha value is -1.99. The molecule has 0 bridgehead atoms. The molecule has 1 N–H and O–H groups in total. The van der Waals surface area contributed by atoms with Crippen LogP contribution < -0.4 is 0 Å². The summed E-state index contributed by atoms with van der Waals surface area (Å²) in [7, 11) is 0. The molecule has 0 aliphatic heterocycles. The van der Waals surface area contributed by atoms with Gasteiger partial charge in [-0.15, -0.1) is 11.6 Å². The van der Waals surface area contributed by atoms with E-state index < -0.39 is 51.7 Å². The number of alkyl halides is 1. The minimum Gasteiger partial charge on any atom is -0.457 e. The first kappa shape index (κ1) is 28.0. The van der Waals surface area contributed by atoms with Crippen molar-refractivity contribution >= 4 is 35.1 Å². The van der Waals surface area contributed by atoms with Gasteiger partial charge in [-0.05, 0) is 56.1 Å². The molecule has 8 atom stereocenters.